The Morgan fingerprint density at radius 2 is 2.18 bits per heavy atom. The lowest BCUT2D eigenvalue weighted by molar-refractivity contribution is -0.118. The fraction of sp³-hybridized carbons (Fsp3) is 0.533. The van der Waals surface area contributed by atoms with Crippen molar-refractivity contribution in [3.8, 4) is 5.88 Å². The maximum Gasteiger partial charge on any atom is 0.254 e. The summed E-state index contributed by atoms with van der Waals surface area (Å²) < 4.78 is 4.98. The molecule has 2 amide bonds. The summed E-state index contributed by atoms with van der Waals surface area (Å²) in [4.78, 5) is 27.8. The predicted molar refractivity (Wildman–Crippen MR) is 80.6 cm³/mol. The normalized spacial score (nSPS) is 22.1. The number of nitrogens with zero attached hydrogens (tertiary/aromatic N) is 1. The molecule has 2 fully saturated rings. The van der Waals surface area contributed by atoms with Gasteiger partial charge in [-0.15, -0.1) is 0 Å². The zero-order valence-corrected chi connectivity index (χ0v) is 12.5. The van der Waals surface area contributed by atoms with Gasteiger partial charge in [0.1, 0.15) is 5.56 Å². The maximum atomic E-state index is 12.4. The Morgan fingerprint density at radius 1 is 1.45 bits per heavy atom. The molecule has 4 N–H and O–H groups in total. The minimum absolute atomic E-state index is 0.00992. The monoisotopic (exact) mass is 304 g/mol. The second kappa shape index (κ2) is 5.57. The number of aromatic nitrogens is 1. The van der Waals surface area contributed by atoms with Crippen LogP contribution in [-0.2, 0) is 4.79 Å². The van der Waals surface area contributed by atoms with E-state index >= 15 is 0 Å². The molecule has 1 aliphatic heterocycles. The number of anilines is 1. The van der Waals surface area contributed by atoms with E-state index in [1.807, 2.05) is 0 Å². The fourth-order valence-electron chi connectivity index (χ4n) is 3.28. The zero-order valence-electron chi connectivity index (χ0n) is 12.5. The maximum absolute atomic E-state index is 12.4. The van der Waals surface area contributed by atoms with E-state index in [0.29, 0.717) is 5.69 Å². The van der Waals surface area contributed by atoms with E-state index in [2.05, 4.69) is 15.6 Å². The predicted octanol–water partition coefficient (Wildman–Crippen LogP) is 0.517. The van der Waals surface area contributed by atoms with Gasteiger partial charge in [0.25, 0.3) is 5.91 Å². The van der Waals surface area contributed by atoms with Crippen molar-refractivity contribution < 1.29 is 14.3 Å². The van der Waals surface area contributed by atoms with Crippen LogP contribution in [0, 0.1) is 11.3 Å². The van der Waals surface area contributed by atoms with Crippen LogP contribution in [0.25, 0.3) is 0 Å². The summed E-state index contributed by atoms with van der Waals surface area (Å²) in [5.41, 5.74) is 6.09. The summed E-state index contributed by atoms with van der Waals surface area (Å²) in [6.07, 6.45) is 4.49. The molecule has 1 saturated carbocycles. The van der Waals surface area contributed by atoms with E-state index < -0.39 is 5.91 Å². The highest BCUT2D eigenvalue weighted by Crippen LogP contribution is 2.58. The van der Waals surface area contributed by atoms with Gasteiger partial charge in [-0.25, -0.2) is 4.98 Å². The van der Waals surface area contributed by atoms with Gasteiger partial charge < -0.3 is 21.1 Å². The van der Waals surface area contributed by atoms with Gasteiger partial charge in [-0.3, -0.25) is 9.59 Å². The van der Waals surface area contributed by atoms with Gasteiger partial charge in [0.05, 0.1) is 19.0 Å². The summed E-state index contributed by atoms with van der Waals surface area (Å²) >= 11 is 0. The van der Waals surface area contributed by atoms with Gasteiger partial charge >= 0.3 is 0 Å². The summed E-state index contributed by atoms with van der Waals surface area (Å²) in [5.74, 6) is -0.438. The number of primary amides is 1. The Hall–Kier alpha value is -2.15. The van der Waals surface area contributed by atoms with Crippen molar-refractivity contribution in [1.29, 1.82) is 0 Å². The number of pyridine rings is 1. The Bertz CT molecular complexity index is 611. The lowest BCUT2D eigenvalue weighted by atomic mass is 9.92. The number of ether oxygens (including phenoxy) is 1. The second-order valence-corrected chi connectivity index (χ2v) is 6.00. The lowest BCUT2D eigenvalue weighted by Crippen LogP contribution is -2.31. The van der Waals surface area contributed by atoms with Crippen molar-refractivity contribution in [2.75, 3.05) is 25.5 Å². The van der Waals surface area contributed by atoms with Crippen LogP contribution in [0.4, 0.5) is 5.69 Å². The highest BCUT2D eigenvalue weighted by atomic mass is 16.5. The first-order valence-corrected chi connectivity index (χ1v) is 7.41. The summed E-state index contributed by atoms with van der Waals surface area (Å²) in [6, 6.07) is 1.50. The number of hydrogen-bond acceptors (Lipinski definition) is 5. The van der Waals surface area contributed by atoms with Gasteiger partial charge in [0, 0.05) is 5.92 Å². The van der Waals surface area contributed by atoms with Gasteiger partial charge in [0.2, 0.25) is 11.8 Å². The molecule has 2 aliphatic rings. The number of amides is 2. The number of nitrogens with two attached hydrogens (primary N) is 1. The van der Waals surface area contributed by atoms with E-state index in [1.54, 1.807) is 0 Å². The smallest absolute Gasteiger partial charge is 0.254 e. The van der Waals surface area contributed by atoms with Gasteiger partial charge in [-0.05, 0) is 43.8 Å². The first-order valence-electron chi connectivity index (χ1n) is 7.41. The minimum atomic E-state index is -0.637. The SMILES string of the molecule is COc1ncc(NC(=O)C2CC23CCNCC3)cc1C(N)=O. The van der Waals surface area contributed by atoms with Crippen LogP contribution in [0.1, 0.15) is 29.6 Å². The summed E-state index contributed by atoms with van der Waals surface area (Å²) in [7, 11) is 1.41. The number of hydrogen-bond donors (Lipinski definition) is 3. The molecule has 1 atom stereocenters. The summed E-state index contributed by atoms with van der Waals surface area (Å²) in [6.45, 7) is 1.94. The van der Waals surface area contributed by atoms with Crippen LogP contribution < -0.4 is 21.1 Å². The molecule has 0 bridgehead atoms. The first kappa shape index (κ1) is 14.8. The molecular formula is C15H20N4O3. The molecule has 1 unspecified atom stereocenters. The van der Waals surface area contributed by atoms with E-state index in [4.69, 9.17) is 10.5 Å². The largest absolute Gasteiger partial charge is 0.480 e. The Morgan fingerprint density at radius 3 is 2.82 bits per heavy atom. The fourth-order valence-corrected chi connectivity index (χ4v) is 3.28. The molecule has 0 aromatic carbocycles. The quantitative estimate of drug-likeness (QED) is 0.752. The molecule has 1 saturated heterocycles. The van der Waals surface area contributed by atoms with Crippen molar-refractivity contribution >= 4 is 17.5 Å². The first-order chi connectivity index (χ1) is 10.6. The van der Waals surface area contributed by atoms with E-state index in [0.717, 1.165) is 32.4 Å². The van der Waals surface area contributed by atoms with Crippen LogP contribution >= 0.6 is 0 Å². The molecule has 118 valence electrons. The number of nitrogens with one attached hydrogen (secondary N) is 2. The van der Waals surface area contributed by atoms with Crippen LogP contribution in [0.3, 0.4) is 0 Å². The molecule has 1 aromatic rings. The van der Waals surface area contributed by atoms with Gasteiger partial charge in [-0.2, -0.15) is 0 Å². The van der Waals surface area contributed by atoms with Crippen molar-refractivity contribution in [2.45, 2.75) is 19.3 Å². The van der Waals surface area contributed by atoms with Crippen molar-refractivity contribution in [3.05, 3.63) is 17.8 Å². The highest BCUT2D eigenvalue weighted by Gasteiger charge is 2.57. The van der Waals surface area contributed by atoms with Crippen molar-refractivity contribution in [2.24, 2.45) is 17.1 Å². The van der Waals surface area contributed by atoms with Crippen LogP contribution in [0.2, 0.25) is 0 Å². The molecule has 1 aromatic heterocycles. The molecular weight excluding hydrogens is 284 g/mol. The third-order valence-electron chi connectivity index (χ3n) is 4.68. The number of carbonyl (C=O) groups is 2. The Balaban J connectivity index is 1.70. The summed E-state index contributed by atoms with van der Waals surface area (Å²) in [5, 5.41) is 6.15. The third-order valence-corrected chi connectivity index (χ3v) is 4.68. The Labute approximate surface area is 128 Å². The molecule has 22 heavy (non-hydrogen) atoms. The number of piperidine rings is 1. The van der Waals surface area contributed by atoms with E-state index in [1.165, 1.54) is 19.4 Å². The van der Waals surface area contributed by atoms with E-state index in [-0.39, 0.29) is 28.7 Å². The minimum Gasteiger partial charge on any atom is -0.480 e. The molecule has 1 spiro atoms. The standard InChI is InChI=1S/C15H20N4O3/c1-22-14-10(12(16)20)6-9(8-18-14)19-13(21)11-7-15(11)2-4-17-5-3-15/h6,8,11,17H,2-5,7H2,1H3,(H2,16,20)(H,19,21). The van der Waals surface area contributed by atoms with Crippen molar-refractivity contribution in [1.82, 2.24) is 10.3 Å². The number of carbonyl (C=O) groups excluding carboxylic acids is 2. The molecule has 7 nitrogen and oxygen atoms in total. The molecule has 0 radical (unpaired) electrons. The molecule has 2 heterocycles. The molecule has 3 rings (SSSR count). The second-order valence-electron chi connectivity index (χ2n) is 6.00. The van der Waals surface area contributed by atoms with Crippen LogP contribution in [-0.4, -0.2) is 37.0 Å². The average molecular weight is 304 g/mol. The van der Waals surface area contributed by atoms with Crippen LogP contribution in [0.15, 0.2) is 12.3 Å². The molecule has 1 aliphatic carbocycles. The topological polar surface area (TPSA) is 106 Å². The average Bonchev–Trinajstić information content (AvgIpc) is 3.21. The third kappa shape index (κ3) is 2.64. The zero-order chi connectivity index (χ0) is 15.7. The van der Waals surface area contributed by atoms with Crippen LogP contribution in [0.5, 0.6) is 5.88 Å². The number of methoxy groups -OCH3 is 1. The molecule has 7 heteroatoms. The van der Waals surface area contributed by atoms with E-state index in [9.17, 15) is 9.59 Å². The number of rotatable bonds is 4. The van der Waals surface area contributed by atoms with Crippen molar-refractivity contribution in [3.63, 3.8) is 0 Å². The lowest BCUT2D eigenvalue weighted by Gasteiger charge is -2.23. The highest BCUT2D eigenvalue weighted by molar-refractivity contribution is 5.99. The Kier molecular flexibility index (Phi) is 3.74. The van der Waals surface area contributed by atoms with Gasteiger partial charge in [0.15, 0.2) is 0 Å². The van der Waals surface area contributed by atoms with Gasteiger partial charge in [-0.1, -0.05) is 0 Å².